The Hall–Kier alpha value is -1.25. The SMILES string of the molecule is O=C(O)CCCC=CCC1C(OCc2cccs2)CC(O)C1N1CCOCC1. The van der Waals surface area contributed by atoms with E-state index >= 15 is 0 Å². The summed E-state index contributed by atoms with van der Waals surface area (Å²) >= 11 is 1.69. The average molecular weight is 410 g/mol. The molecule has 4 atom stereocenters. The fourth-order valence-electron chi connectivity index (χ4n) is 4.26. The summed E-state index contributed by atoms with van der Waals surface area (Å²) in [6.07, 6.45) is 6.96. The highest BCUT2D eigenvalue weighted by atomic mass is 32.1. The molecule has 28 heavy (non-hydrogen) atoms. The van der Waals surface area contributed by atoms with Gasteiger partial charge in [0, 0.05) is 42.8 Å². The van der Waals surface area contributed by atoms with E-state index < -0.39 is 12.1 Å². The maximum Gasteiger partial charge on any atom is 0.303 e. The standard InChI is InChI=1S/C21H31NO5S/c23-18-14-19(27-15-16-6-5-13-28-16)17(7-3-1-2-4-8-20(24)25)21(18)22-9-11-26-12-10-22/h1,3,5-6,13,17-19,21,23H,2,4,7-12,14-15H2,(H,24,25). The number of aliphatic hydroxyl groups excluding tert-OH is 1. The third-order valence-corrected chi connectivity index (χ3v) is 6.46. The molecule has 0 radical (unpaired) electrons. The summed E-state index contributed by atoms with van der Waals surface area (Å²) < 4.78 is 11.7. The second kappa shape index (κ2) is 11.1. The maximum absolute atomic E-state index is 10.8. The van der Waals surface area contributed by atoms with Crippen LogP contribution in [0.3, 0.4) is 0 Å². The minimum atomic E-state index is -0.748. The first-order chi connectivity index (χ1) is 13.6. The fourth-order valence-corrected chi connectivity index (χ4v) is 4.88. The second-order valence-corrected chi connectivity index (χ2v) is 8.56. The van der Waals surface area contributed by atoms with E-state index in [1.165, 1.54) is 4.88 Å². The van der Waals surface area contributed by atoms with Gasteiger partial charge in [-0.05, 0) is 30.7 Å². The van der Waals surface area contributed by atoms with Gasteiger partial charge >= 0.3 is 5.97 Å². The number of allylic oxidation sites excluding steroid dienone is 2. The van der Waals surface area contributed by atoms with Crippen molar-refractivity contribution in [1.82, 2.24) is 4.90 Å². The molecule has 0 aromatic carbocycles. The van der Waals surface area contributed by atoms with Gasteiger partial charge < -0.3 is 19.7 Å². The molecule has 156 valence electrons. The predicted octanol–water partition coefficient (Wildman–Crippen LogP) is 2.92. The lowest BCUT2D eigenvalue weighted by Crippen LogP contribution is -2.50. The molecule has 1 aromatic heterocycles. The van der Waals surface area contributed by atoms with Gasteiger partial charge in [-0.3, -0.25) is 9.69 Å². The quantitative estimate of drug-likeness (QED) is 0.457. The summed E-state index contributed by atoms with van der Waals surface area (Å²) in [7, 11) is 0. The van der Waals surface area contributed by atoms with E-state index in [0.29, 0.717) is 32.7 Å². The van der Waals surface area contributed by atoms with Crippen molar-refractivity contribution >= 4 is 17.3 Å². The first-order valence-corrected chi connectivity index (χ1v) is 11.0. The van der Waals surface area contributed by atoms with Gasteiger partial charge in [0.15, 0.2) is 0 Å². The van der Waals surface area contributed by atoms with Crippen LogP contribution >= 0.6 is 11.3 Å². The number of carboxylic acids is 1. The Morgan fingerprint density at radius 2 is 2.18 bits per heavy atom. The zero-order valence-electron chi connectivity index (χ0n) is 16.2. The highest BCUT2D eigenvalue weighted by Crippen LogP contribution is 2.36. The molecule has 1 aliphatic carbocycles. The van der Waals surface area contributed by atoms with E-state index in [0.717, 1.165) is 25.9 Å². The van der Waals surface area contributed by atoms with Crippen LogP contribution < -0.4 is 0 Å². The smallest absolute Gasteiger partial charge is 0.303 e. The van der Waals surface area contributed by atoms with Crippen LogP contribution in [0.5, 0.6) is 0 Å². The monoisotopic (exact) mass is 409 g/mol. The summed E-state index contributed by atoms with van der Waals surface area (Å²) in [5.74, 6) is -0.523. The number of thiophene rings is 1. The average Bonchev–Trinajstić information content (AvgIpc) is 3.31. The first-order valence-electron chi connectivity index (χ1n) is 10.2. The van der Waals surface area contributed by atoms with Crippen LogP contribution in [0.1, 0.15) is 37.0 Å². The molecule has 0 spiro atoms. The molecule has 4 unspecified atom stereocenters. The van der Waals surface area contributed by atoms with Crippen molar-refractivity contribution in [3.05, 3.63) is 34.5 Å². The molecule has 1 saturated heterocycles. The normalized spacial score (nSPS) is 28.9. The molecule has 0 amide bonds. The molecule has 2 heterocycles. The van der Waals surface area contributed by atoms with Crippen LogP contribution in [0.15, 0.2) is 29.7 Å². The van der Waals surface area contributed by atoms with Crippen LogP contribution in [0, 0.1) is 5.92 Å². The second-order valence-electron chi connectivity index (χ2n) is 7.53. The first kappa shape index (κ1) is 21.5. The van der Waals surface area contributed by atoms with Crippen LogP contribution in [-0.4, -0.2) is 65.6 Å². The topological polar surface area (TPSA) is 79.2 Å². The molecule has 2 N–H and O–H groups in total. The molecule has 2 aliphatic rings. The molecular formula is C21H31NO5S. The molecule has 7 heteroatoms. The molecule has 1 aliphatic heterocycles. The Kier molecular flexibility index (Phi) is 8.48. The van der Waals surface area contributed by atoms with E-state index in [9.17, 15) is 9.90 Å². The van der Waals surface area contributed by atoms with Crippen molar-refractivity contribution in [2.75, 3.05) is 26.3 Å². The van der Waals surface area contributed by atoms with Gasteiger partial charge in [-0.1, -0.05) is 18.2 Å². The molecule has 1 saturated carbocycles. The number of carboxylic acid groups (broad SMARTS) is 1. The van der Waals surface area contributed by atoms with E-state index in [1.807, 2.05) is 6.07 Å². The lowest BCUT2D eigenvalue weighted by atomic mass is 9.94. The number of rotatable bonds is 10. The van der Waals surface area contributed by atoms with Crippen molar-refractivity contribution in [2.24, 2.45) is 5.92 Å². The number of carbonyl (C=O) groups is 1. The van der Waals surface area contributed by atoms with Crippen LogP contribution in [-0.2, 0) is 20.9 Å². The third kappa shape index (κ3) is 6.12. The summed E-state index contributed by atoms with van der Waals surface area (Å²) in [6, 6.07) is 4.19. The number of morpholine rings is 1. The lowest BCUT2D eigenvalue weighted by Gasteiger charge is -2.37. The van der Waals surface area contributed by atoms with E-state index in [1.54, 1.807) is 11.3 Å². The third-order valence-electron chi connectivity index (χ3n) is 5.61. The number of hydrogen-bond acceptors (Lipinski definition) is 6. The van der Waals surface area contributed by atoms with Crippen molar-refractivity contribution in [3.63, 3.8) is 0 Å². The number of ether oxygens (including phenoxy) is 2. The Morgan fingerprint density at radius 3 is 2.89 bits per heavy atom. The molecule has 6 nitrogen and oxygen atoms in total. The summed E-state index contributed by atoms with van der Waals surface area (Å²) in [5, 5.41) is 21.6. The highest BCUT2D eigenvalue weighted by Gasteiger charge is 2.45. The number of aliphatic carboxylic acids is 1. The number of unbranched alkanes of at least 4 members (excludes halogenated alkanes) is 1. The molecule has 0 bridgehead atoms. The Bertz CT molecular complexity index is 614. The van der Waals surface area contributed by atoms with Crippen LogP contribution in [0.4, 0.5) is 0 Å². The zero-order chi connectivity index (χ0) is 19.8. The Morgan fingerprint density at radius 1 is 1.36 bits per heavy atom. The summed E-state index contributed by atoms with van der Waals surface area (Å²) in [5.41, 5.74) is 0. The fraction of sp³-hybridized carbons (Fsp3) is 0.667. The van der Waals surface area contributed by atoms with Crippen molar-refractivity contribution in [2.45, 2.75) is 57.0 Å². The van der Waals surface area contributed by atoms with Gasteiger partial charge in [0.25, 0.3) is 0 Å². The van der Waals surface area contributed by atoms with E-state index in [4.69, 9.17) is 14.6 Å². The summed E-state index contributed by atoms with van der Waals surface area (Å²) in [4.78, 5) is 14.2. The van der Waals surface area contributed by atoms with Crippen molar-refractivity contribution in [1.29, 1.82) is 0 Å². The number of nitrogens with zero attached hydrogens (tertiary/aromatic N) is 1. The minimum Gasteiger partial charge on any atom is -0.481 e. The number of aliphatic hydroxyl groups is 1. The van der Waals surface area contributed by atoms with Gasteiger partial charge in [-0.15, -0.1) is 11.3 Å². The highest BCUT2D eigenvalue weighted by molar-refractivity contribution is 7.09. The summed E-state index contributed by atoms with van der Waals surface area (Å²) in [6.45, 7) is 3.70. The van der Waals surface area contributed by atoms with Gasteiger partial charge in [-0.25, -0.2) is 0 Å². The molecule has 3 rings (SSSR count). The minimum absolute atomic E-state index is 0.0219. The van der Waals surface area contributed by atoms with Crippen LogP contribution in [0.2, 0.25) is 0 Å². The Balaban J connectivity index is 1.60. The Labute approximate surface area is 170 Å². The van der Waals surface area contributed by atoms with Gasteiger partial charge in [-0.2, -0.15) is 0 Å². The predicted molar refractivity (Wildman–Crippen MR) is 108 cm³/mol. The number of hydrogen-bond donors (Lipinski definition) is 2. The lowest BCUT2D eigenvalue weighted by molar-refractivity contribution is -0.137. The van der Waals surface area contributed by atoms with Gasteiger partial charge in [0.2, 0.25) is 0 Å². The van der Waals surface area contributed by atoms with Crippen LogP contribution in [0.25, 0.3) is 0 Å². The van der Waals surface area contributed by atoms with Crippen molar-refractivity contribution in [3.8, 4) is 0 Å². The molecule has 1 aromatic rings. The zero-order valence-corrected chi connectivity index (χ0v) is 17.1. The van der Waals surface area contributed by atoms with Gasteiger partial charge in [0.05, 0.1) is 32.0 Å². The van der Waals surface area contributed by atoms with E-state index in [-0.39, 0.29) is 24.5 Å². The van der Waals surface area contributed by atoms with Crippen molar-refractivity contribution < 1.29 is 24.5 Å². The maximum atomic E-state index is 10.8. The van der Waals surface area contributed by atoms with Gasteiger partial charge in [0.1, 0.15) is 0 Å². The van der Waals surface area contributed by atoms with E-state index in [2.05, 4.69) is 28.5 Å². The largest absolute Gasteiger partial charge is 0.481 e. The molecular weight excluding hydrogens is 378 g/mol. The molecule has 2 fully saturated rings.